The zero-order valence-corrected chi connectivity index (χ0v) is 22.7. The normalized spacial score (nSPS) is 20.7. The molecule has 6 nitrogen and oxygen atoms in total. The maximum absolute atomic E-state index is 14.0. The van der Waals surface area contributed by atoms with Crippen molar-refractivity contribution in [2.75, 3.05) is 18.1 Å². The molecule has 0 aliphatic carbocycles. The smallest absolute Gasteiger partial charge is 0.257 e. The van der Waals surface area contributed by atoms with Crippen molar-refractivity contribution in [1.82, 2.24) is 5.32 Å². The first-order valence-electron chi connectivity index (χ1n) is 12.7. The van der Waals surface area contributed by atoms with Gasteiger partial charge in [-0.2, -0.15) is 11.8 Å². The Hall–Kier alpha value is -3.03. The molecule has 3 N–H and O–H groups in total. The van der Waals surface area contributed by atoms with E-state index in [2.05, 4.69) is 5.32 Å². The molecule has 3 aromatic carbocycles. The van der Waals surface area contributed by atoms with Crippen LogP contribution in [0.15, 0.2) is 48.5 Å². The Morgan fingerprint density at radius 2 is 1.39 bits per heavy atom. The summed E-state index contributed by atoms with van der Waals surface area (Å²) in [5.41, 5.74) is 1.26. The molecule has 4 atom stereocenters. The molecule has 0 spiro atoms. The molecule has 0 radical (unpaired) electrons. The molecule has 220 valence electrons. The Bertz CT molecular complexity index is 1330. The fraction of sp³-hybridized carbons (Fsp3) is 0.345. The number of aliphatic hydroxyl groups is 2. The molecule has 0 aromatic heterocycles. The van der Waals surface area contributed by atoms with E-state index in [0.717, 1.165) is 11.1 Å². The average molecular weight is 598 g/mol. The van der Waals surface area contributed by atoms with Crippen LogP contribution >= 0.6 is 11.8 Å². The third-order valence-electron chi connectivity index (χ3n) is 6.78. The largest absolute Gasteiger partial charge is 0.396 e. The Morgan fingerprint density at radius 1 is 0.829 bits per heavy atom. The molecular weight excluding hydrogens is 569 g/mol. The Labute approximate surface area is 237 Å². The van der Waals surface area contributed by atoms with Crippen LogP contribution in [0.5, 0.6) is 0 Å². The number of hydrogen-bond acceptors (Lipinski definition) is 6. The summed E-state index contributed by atoms with van der Waals surface area (Å²) < 4.78 is 80.7. The van der Waals surface area contributed by atoms with E-state index in [4.69, 9.17) is 9.47 Å². The fourth-order valence-corrected chi connectivity index (χ4v) is 5.35. The van der Waals surface area contributed by atoms with Crippen LogP contribution in [0.4, 0.5) is 22.0 Å². The second kappa shape index (κ2) is 13.8. The minimum Gasteiger partial charge on any atom is -0.396 e. The van der Waals surface area contributed by atoms with Crippen LogP contribution in [-0.4, -0.2) is 40.3 Å². The van der Waals surface area contributed by atoms with Crippen LogP contribution < -0.4 is 5.32 Å². The zero-order chi connectivity index (χ0) is 29.7. The second-order valence-electron chi connectivity index (χ2n) is 9.49. The van der Waals surface area contributed by atoms with Gasteiger partial charge in [-0.25, -0.2) is 22.0 Å². The summed E-state index contributed by atoms with van der Waals surface area (Å²) in [7, 11) is 0. The van der Waals surface area contributed by atoms with E-state index in [-0.39, 0.29) is 37.9 Å². The van der Waals surface area contributed by atoms with Crippen molar-refractivity contribution in [3.05, 3.63) is 105 Å². The molecule has 1 aliphatic rings. The van der Waals surface area contributed by atoms with Crippen LogP contribution in [0.25, 0.3) is 0 Å². The quantitative estimate of drug-likeness (QED) is 0.127. The lowest BCUT2D eigenvalue weighted by atomic mass is 9.91. The topological polar surface area (TPSA) is 88.0 Å². The molecule has 4 rings (SSSR count). The van der Waals surface area contributed by atoms with Gasteiger partial charge in [0.25, 0.3) is 5.91 Å². The van der Waals surface area contributed by atoms with Gasteiger partial charge in [0.1, 0.15) is 5.56 Å². The average Bonchev–Trinajstić information content (AvgIpc) is 2.99. The number of carbonyl (C=O) groups is 1. The lowest BCUT2D eigenvalue weighted by Crippen LogP contribution is -2.38. The minimum atomic E-state index is -2.34. The zero-order valence-electron chi connectivity index (χ0n) is 21.9. The number of hydrogen-bond donors (Lipinski definition) is 3. The van der Waals surface area contributed by atoms with Gasteiger partial charge < -0.3 is 25.0 Å². The SMILES string of the molecule is CC1C(CSCCO)OC(c2ccc(CNC(=O)c3c(F)c(F)c(F)c(F)c3F)cc2)OC1c1ccc(CO)cc1. The number of amides is 1. The van der Waals surface area contributed by atoms with Crippen molar-refractivity contribution in [3.8, 4) is 0 Å². The number of ether oxygens (including phenoxy) is 2. The highest BCUT2D eigenvalue weighted by molar-refractivity contribution is 7.99. The predicted octanol–water partition coefficient (Wildman–Crippen LogP) is 5.32. The summed E-state index contributed by atoms with van der Waals surface area (Å²) in [4.78, 5) is 12.3. The predicted molar refractivity (Wildman–Crippen MR) is 141 cm³/mol. The first-order chi connectivity index (χ1) is 19.7. The molecule has 1 saturated heterocycles. The Kier molecular flexibility index (Phi) is 10.4. The molecule has 0 bridgehead atoms. The number of aliphatic hydroxyl groups excluding tert-OH is 2. The fourth-order valence-electron chi connectivity index (χ4n) is 4.44. The monoisotopic (exact) mass is 597 g/mol. The van der Waals surface area contributed by atoms with Gasteiger partial charge in [-0.15, -0.1) is 0 Å². The van der Waals surface area contributed by atoms with E-state index in [1.165, 1.54) is 0 Å². The molecule has 41 heavy (non-hydrogen) atoms. The maximum Gasteiger partial charge on any atom is 0.257 e. The molecule has 4 unspecified atom stereocenters. The van der Waals surface area contributed by atoms with Crippen molar-refractivity contribution in [3.63, 3.8) is 0 Å². The third kappa shape index (κ3) is 6.90. The summed E-state index contributed by atoms with van der Waals surface area (Å²) in [6, 6.07) is 14.0. The van der Waals surface area contributed by atoms with E-state index in [0.29, 0.717) is 22.6 Å². The van der Waals surface area contributed by atoms with E-state index < -0.39 is 46.8 Å². The summed E-state index contributed by atoms with van der Waals surface area (Å²) in [5.74, 6) is -11.5. The molecule has 3 aromatic rings. The molecular formula is C29H28F5NO5S. The third-order valence-corrected chi connectivity index (χ3v) is 7.82. The maximum atomic E-state index is 14.0. The molecule has 1 fully saturated rings. The lowest BCUT2D eigenvalue weighted by Gasteiger charge is -2.41. The van der Waals surface area contributed by atoms with E-state index in [1.54, 1.807) is 36.0 Å². The van der Waals surface area contributed by atoms with Crippen molar-refractivity contribution in [1.29, 1.82) is 0 Å². The number of benzene rings is 3. The van der Waals surface area contributed by atoms with Crippen LogP contribution in [-0.2, 0) is 22.6 Å². The molecule has 1 heterocycles. The van der Waals surface area contributed by atoms with E-state index in [9.17, 15) is 37.0 Å². The first-order valence-corrected chi connectivity index (χ1v) is 13.9. The first kappa shape index (κ1) is 30.9. The summed E-state index contributed by atoms with van der Waals surface area (Å²) in [6.45, 7) is 1.73. The van der Waals surface area contributed by atoms with E-state index in [1.807, 2.05) is 31.2 Å². The van der Waals surface area contributed by atoms with Gasteiger partial charge in [0.2, 0.25) is 5.82 Å². The summed E-state index contributed by atoms with van der Waals surface area (Å²) in [6.07, 6.45) is -1.31. The number of nitrogens with one attached hydrogen (secondary N) is 1. The van der Waals surface area contributed by atoms with Crippen LogP contribution in [0, 0.1) is 35.0 Å². The van der Waals surface area contributed by atoms with Gasteiger partial charge in [0.05, 0.1) is 25.4 Å². The summed E-state index contributed by atoms with van der Waals surface area (Å²) >= 11 is 1.55. The van der Waals surface area contributed by atoms with Crippen LogP contribution in [0.2, 0.25) is 0 Å². The van der Waals surface area contributed by atoms with Gasteiger partial charge in [0.15, 0.2) is 29.6 Å². The highest BCUT2D eigenvalue weighted by Crippen LogP contribution is 2.42. The molecule has 0 saturated carbocycles. The number of rotatable bonds is 10. The van der Waals surface area contributed by atoms with Crippen LogP contribution in [0.3, 0.4) is 0 Å². The number of carbonyl (C=O) groups excluding carboxylic acids is 1. The second-order valence-corrected chi connectivity index (χ2v) is 10.6. The Morgan fingerprint density at radius 3 is 1.98 bits per heavy atom. The highest BCUT2D eigenvalue weighted by atomic mass is 32.2. The van der Waals surface area contributed by atoms with Crippen molar-refractivity contribution < 1.29 is 46.4 Å². The van der Waals surface area contributed by atoms with Gasteiger partial charge in [0, 0.05) is 29.5 Å². The highest BCUT2D eigenvalue weighted by Gasteiger charge is 2.38. The van der Waals surface area contributed by atoms with Gasteiger partial charge in [-0.1, -0.05) is 55.5 Å². The van der Waals surface area contributed by atoms with Crippen molar-refractivity contribution >= 4 is 17.7 Å². The van der Waals surface area contributed by atoms with Crippen molar-refractivity contribution in [2.45, 2.75) is 38.6 Å². The van der Waals surface area contributed by atoms with Gasteiger partial charge >= 0.3 is 0 Å². The molecule has 1 amide bonds. The van der Waals surface area contributed by atoms with Crippen molar-refractivity contribution in [2.24, 2.45) is 5.92 Å². The standard InChI is InChI=1S/C29H28F5NO5S/c1-15-20(14-41-11-10-36)39-29(40-27(15)18-6-4-17(13-37)5-7-18)19-8-2-16(3-9-19)12-35-28(38)21-22(30)24(32)26(34)25(33)23(21)31/h2-9,15,20,27,29,36-37H,10-14H2,1H3,(H,35,38). The van der Waals surface area contributed by atoms with Gasteiger partial charge in [-0.3, -0.25) is 4.79 Å². The molecule has 1 aliphatic heterocycles. The molecule has 12 heteroatoms. The Balaban J connectivity index is 1.48. The summed E-state index contributed by atoms with van der Waals surface area (Å²) in [5, 5.41) is 20.7. The van der Waals surface area contributed by atoms with E-state index >= 15 is 0 Å². The van der Waals surface area contributed by atoms with Crippen LogP contribution in [0.1, 0.15) is 51.9 Å². The minimum absolute atomic E-state index is 0.0335. The number of halogens is 5. The lowest BCUT2D eigenvalue weighted by molar-refractivity contribution is -0.268. The van der Waals surface area contributed by atoms with Gasteiger partial charge in [-0.05, 0) is 16.7 Å². The number of thioether (sulfide) groups is 1.